The van der Waals surface area contributed by atoms with Gasteiger partial charge in [-0.25, -0.2) is 4.68 Å². The summed E-state index contributed by atoms with van der Waals surface area (Å²) < 4.78 is 3.27. The smallest absolute Gasteiger partial charge is 0.693 e. The van der Waals surface area contributed by atoms with Crippen molar-refractivity contribution in [1.29, 1.82) is 0 Å². The van der Waals surface area contributed by atoms with Gasteiger partial charge in [-0.15, -0.1) is 44.9 Å². The zero-order valence-corrected chi connectivity index (χ0v) is 83.6. The van der Waals surface area contributed by atoms with E-state index in [-0.39, 0.29) is 171 Å². The van der Waals surface area contributed by atoms with Gasteiger partial charge in [-0.1, -0.05) is 244 Å². The van der Waals surface area contributed by atoms with E-state index >= 15 is 0 Å². The van der Waals surface area contributed by atoms with Gasteiger partial charge in [0.25, 0.3) is 0 Å². The van der Waals surface area contributed by atoms with Crippen LogP contribution in [0.15, 0.2) is 121 Å². The number of hydrogen-bond donors (Lipinski definition) is 1. The molecule has 4 saturated heterocycles. The summed E-state index contributed by atoms with van der Waals surface area (Å²) in [6.45, 7) is 42.4. The first-order chi connectivity index (χ1) is 45.1. The van der Waals surface area contributed by atoms with Gasteiger partial charge >= 0.3 is 114 Å². The van der Waals surface area contributed by atoms with E-state index in [9.17, 15) is 0 Å². The number of aryl methyl sites for hydroxylation is 2. The van der Waals surface area contributed by atoms with Crippen LogP contribution >= 0.6 is 18.6 Å². The average molecular weight is 2150 g/mol. The van der Waals surface area contributed by atoms with Gasteiger partial charge < -0.3 is 55.5 Å². The van der Waals surface area contributed by atoms with Gasteiger partial charge in [-0.05, 0) is 145 Å². The normalized spacial score (nSPS) is 21.8. The molecule has 10 unspecified atom stereocenters. The molecule has 0 aliphatic carbocycles. The summed E-state index contributed by atoms with van der Waals surface area (Å²) in [6, 6.07) is 42.2. The summed E-state index contributed by atoms with van der Waals surface area (Å²) >= 11 is 0. The van der Waals surface area contributed by atoms with Crippen molar-refractivity contribution in [2.24, 2.45) is 37.8 Å². The number of rotatable bonds is 8. The molecule has 4 aromatic heterocycles. The number of nitrogens with zero attached hydrogens (tertiary/aromatic N) is 19. The predicted octanol–water partition coefficient (Wildman–Crippen LogP) is 12.8. The number of tetrazole rings is 4. The largest absolute Gasteiger partial charge is 2.00 e. The number of aromatic nitrogens is 16. The molecule has 0 amide bonds. The van der Waals surface area contributed by atoms with Gasteiger partial charge in [0, 0.05) is 16.4 Å². The van der Waals surface area contributed by atoms with Crippen molar-refractivity contribution in [2.75, 3.05) is 59.0 Å². The second-order valence-electron chi connectivity index (χ2n) is 22.2. The maximum Gasteiger partial charge on any atom is 2.00 e. The Morgan fingerprint density at radius 1 is 0.408 bits per heavy atom. The number of aromatic amines is 1. The number of benzene rings is 4. The molecule has 8 heterocycles. The van der Waals surface area contributed by atoms with Gasteiger partial charge in [0.15, 0.2) is 23.3 Å². The van der Waals surface area contributed by atoms with Gasteiger partial charge in [0.05, 0.1) is 28.7 Å². The SMILES string of the molecule is CC.CC.CC.CC.CC.CC.CP.[CH2-]N1CCC(c2ccccc2)(c2nn[nH]n2)C(C)C1.[CH2-]N1CCC(c2ccccc2)(c2nnn(C)n2)C(C)C1.[CH2-]N1CCC(c2ccccc2)(c2nnn(P)n2)C(C)C1.[CH2-]N1CCC(c2ccccc2)(c2nnnn2C)C(C)C1.[CH3-].[CH3-].[CH3-].[CH3-].[NH2-].[Na+].[W+2].[W+2].[W+2].[W+2]. The van der Waals surface area contributed by atoms with Crippen molar-refractivity contribution in [2.45, 2.75) is 158 Å². The molecule has 0 spiro atoms. The Morgan fingerprint density at radius 3 is 0.932 bits per heavy atom. The molecule has 103 heavy (non-hydrogen) atoms. The molecule has 0 saturated carbocycles. The van der Waals surface area contributed by atoms with Crippen LogP contribution in [-0.4, -0.2) is 160 Å². The first-order valence-corrected chi connectivity index (χ1v) is 35.6. The van der Waals surface area contributed by atoms with E-state index in [2.05, 4.69) is 258 Å². The van der Waals surface area contributed by atoms with E-state index in [1.54, 1.807) is 4.80 Å². The van der Waals surface area contributed by atoms with E-state index in [1.807, 2.05) is 133 Å². The molecule has 10 atom stereocenters. The molecule has 0 bridgehead atoms. The van der Waals surface area contributed by atoms with Crippen LogP contribution < -0.4 is 29.6 Å². The first kappa shape index (κ1) is 119. The van der Waals surface area contributed by atoms with Crippen LogP contribution in [0.2, 0.25) is 0 Å². The van der Waals surface area contributed by atoms with Crippen LogP contribution in [0.3, 0.4) is 0 Å². The van der Waals surface area contributed by atoms with Crippen molar-refractivity contribution in [3.63, 3.8) is 0 Å². The molecule has 21 nitrogen and oxygen atoms in total. The fourth-order valence-corrected chi connectivity index (χ4v) is 13.3. The van der Waals surface area contributed by atoms with E-state index in [0.717, 1.165) is 101 Å². The van der Waals surface area contributed by atoms with Crippen LogP contribution in [0.5, 0.6) is 0 Å². The van der Waals surface area contributed by atoms with Crippen molar-refractivity contribution in [1.82, 2.24) is 101 Å². The molecule has 8 aromatic rings. The average Bonchev–Trinajstić information content (AvgIpc) is 1.78. The molecule has 3 N–H and O–H groups in total. The van der Waals surface area contributed by atoms with Crippen molar-refractivity contribution in [3.8, 4) is 0 Å². The fourth-order valence-electron chi connectivity index (χ4n) is 13.2. The first-order valence-electron chi connectivity index (χ1n) is 33.9. The second kappa shape index (κ2) is 63.4. The predicted molar refractivity (Wildman–Crippen MR) is 421 cm³/mol. The van der Waals surface area contributed by atoms with Crippen LogP contribution in [0.25, 0.3) is 6.15 Å². The maximum atomic E-state index is 4.51. The Morgan fingerprint density at radius 2 is 0.689 bits per heavy atom. The van der Waals surface area contributed by atoms with Crippen LogP contribution in [-0.2, 0) is 120 Å². The molecular weight excluding hydrogens is 2020 g/mol. The topological polar surface area (TPSA) is 232 Å². The number of nitrogens with two attached hydrogens (primary N) is 1. The number of H-pyrrole nitrogens is 1. The molecule has 4 aliphatic rings. The van der Waals surface area contributed by atoms with Crippen molar-refractivity contribution in [3.05, 3.63) is 231 Å². The molecule has 4 aromatic carbocycles. The van der Waals surface area contributed by atoms with Gasteiger partial charge in [0.2, 0.25) is 0 Å². The standard InChI is InChI=1S/2C15H20N5.C14H19N5P.C14H18N5.6C2H6.CH5P.4CH3.H2N.Na.4W/c1-12-11-19(2)10-9-15(12,13-7-5-4-6-8-13)14-16-17-18-20(14)3;1-12-11-19(2)10-9-15(12,13-7-5-4-6-8-13)14-16-18-20(3)17-14;1-11-10-18(2)9-8-14(11,12-6-4-3-5-7-12)13-15-17-19(20)16-13;1-11-10-19(2)9-8-14(11,13-15-17-18-16-13)12-6-4-3-5-7-12;7*1-2;;;;;;;;;;/h2*4-8,12H,2,9-11H2,1,3H3;3-7,11H,2,8-10,20H2,1H3;3-7,11H,2,8-10H2,1H3,(H,15,16,17,18);6*1-2H3;2H2,1H3;4*1H3;1H2;;;;;/q4*-1;;;;;;;;5*-1;+1;4*+2. The second-order valence-corrected chi connectivity index (χ2v) is 22.6. The zero-order chi connectivity index (χ0) is 69.8. The summed E-state index contributed by atoms with van der Waals surface area (Å²) in [7, 11) is 24.9. The van der Waals surface area contributed by atoms with E-state index < -0.39 is 0 Å². The molecule has 572 valence electrons. The van der Waals surface area contributed by atoms with E-state index in [4.69, 9.17) is 0 Å². The Kier molecular flexibility index (Phi) is 73.1. The Balaban J connectivity index is -0.000000150. The third kappa shape index (κ3) is 30.4. The minimum atomic E-state index is -0.176. The van der Waals surface area contributed by atoms with Gasteiger partial charge in [-0.2, -0.15) is 14.6 Å². The van der Waals surface area contributed by atoms with E-state index in [0.29, 0.717) is 23.7 Å². The summed E-state index contributed by atoms with van der Waals surface area (Å²) in [5, 5.41) is 52.8. The third-order valence-corrected chi connectivity index (χ3v) is 17.7. The minimum Gasteiger partial charge on any atom is -0.693 e. The molecule has 4 aliphatic heterocycles. The van der Waals surface area contributed by atoms with Gasteiger partial charge in [0.1, 0.15) is 0 Å². The number of piperidine rings is 4. The molecule has 28 heteroatoms. The van der Waals surface area contributed by atoms with Crippen molar-refractivity contribution < 1.29 is 114 Å². The molecular formula is C75H132N21NaP2W4. The van der Waals surface area contributed by atoms with Gasteiger partial charge in [-0.3, -0.25) is 28.2 Å². The Bertz CT molecular complexity index is 3040. The van der Waals surface area contributed by atoms with E-state index in [1.165, 1.54) is 26.8 Å². The maximum absolute atomic E-state index is 4.51. The monoisotopic (exact) mass is 2150 g/mol. The Hall–Kier alpha value is -2.43. The number of hydrogen-bond acceptors (Lipinski definition) is 16. The zero-order valence-electron chi connectivity index (χ0n) is 67.5. The Labute approximate surface area is 712 Å². The summed E-state index contributed by atoms with van der Waals surface area (Å²) in [4.78, 5) is 10.0. The molecule has 4 fully saturated rings. The van der Waals surface area contributed by atoms with Crippen LogP contribution in [0.1, 0.15) is 182 Å². The quantitative estimate of drug-likeness (QED) is 0.0846. The summed E-state index contributed by atoms with van der Waals surface area (Å²) in [6.07, 6.45) is 3.86. The van der Waals surface area contributed by atoms with Crippen LogP contribution in [0, 0.1) is 81.6 Å². The third-order valence-electron chi connectivity index (χ3n) is 17.4. The van der Waals surface area contributed by atoms with Crippen molar-refractivity contribution >= 4 is 18.6 Å². The molecule has 0 radical (unpaired) electrons. The number of nitrogens with one attached hydrogen (secondary N) is 1. The summed E-state index contributed by atoms with van der Waals surface area (Å²) in [5.41, 5.74) is 4.45. The fraction of sp³-hybridized carbons (Fsp3) is 0.520. The molecule has 12 rings (SSSR count). The van der Waals surface area contributed by atoms with Crippen LogP contribution in [0.4, 0.5) is 0 Å². The minimum absolute atomic E-state index is 0. The summed E-state index contributed by atoms with van der Waals surface area (Å²) in [5.74, 6) is 4.93. The number of likely N-dealkylation sites (tertiary alicyclic amines) is 4.